The average molecular weight is 924 g/mol. The van der Waals surface area contributed by atoms with Crippen molar-refractivity contribution in [3.8, 4) is 11.5 Å². The number of anilines is 2. The number of fused-ring (bicyclic) bond motifs is 2. The van der Waals surface area contributed by atoms with Crippen LogP contribution >= 0.6 is 23.2 Å². The number of hydrogen-bond donors (Lipinski definition) is 8. The summed E-state index contributed by atoms with van der Waals surface area (Å²) in [5.41, 5.74) is 1.61. The summed E-state index contributed by atoms with van der Waals surface area (Å²) in [5, 5.41) is 66.5. The van der Waals surface area contributed by atoms with Crippen LogP contribution < -0.4 is 20.1 Å². The molecule has 2 aliphatic carbocycles. The molecule has 0 amide bonds. The number of nitrogens with zero attached hydrogens (tertiary/aromatic N) is 8. The Morgan fingerprint density at radius 2 is 0.984 bits per heavy atom. The van der Waals surface area contributed by atoms with E-state index in [-0.39, 0.29) is 34.9 Å². The van der Waals surface area contributed by atoms with E-state index in [0.717, 1.165) is 50.0 Å². The highest BCUT2D eigenvalue weighted by Gasteiger charge is 2.45. The summed E-state index contributed by atoms with van der Waals surface area (Å²) < 4.78 is 26.5. The Hall–Kier alpha value is -5.00. The van der Waals surface area contributed by atoms with Gasteiger partial charge in [-0.1, -0.05) is 36.4 Å². The molecular weight excluding hydrogens is 875 g/mol. The maximum Gasteiger partial charge on any atom is 0.226 e. The largest absolute Gasteiger partial charge is 0.488 e. The Morgan fingerprint density at radius 1 is 0.578 bits per heavy atom. The number of benzene rings is 2. The van der Waals surface area contributed by atoms with Gasteiger partial charge in [0.2, 0.25) is 10.6 Å². The molecule has 22 heteroatoms. The minimum absolute atomic E-state index is 0.00318. The molecule has 8 N–H and O–H groups in total. The van der Waals surface area contributed by atoms with E-state index < -0.39 is 62.3 Å². The first kappa shape index (κ1) is 44.2. The molecule has 6 heterocycles. The van der Waals surface area contributed by atoms with Crippen molar-refractivity contribution < 1.29 is 49.6 Å². The monoisotopic (exact) mass is 922 g/mol. The van der Waals surface area contributed by atoms with Crippen molar-refractivity contribution in [2.45, 2.75) is 112 Å². The quantitative estimate of drug-likeness (QED) is 0.0820. The molecule has 2 saturated carbocycles. The van der Waals surface area contributed by atoms with Gasteiger partial charge in [-0.3, -0.25) is 9.13 Å². The molecule has 12 atom stereocenters. The second kappa shape index (κ2) is 19.2. The number of nitrogens with one attached hydrogen (secondary N) is 2. The Kier molecular flexibility index (Phi) is 13.3. The second-order valence-electron chi connectivity index (χ2n) is 16.1. The van der Waals surface area contributed by atoms with E-state index in [9.17, 15) is 30.6 Å². The zero-order chi connectivity index (χ0) is 44.5. The fourth-order valence-corrected chi connectivity index (χ4v) is 9.07. The molecule has 64 heavy (non-hydrogen) atoms. The van der Waals surface area contributed by atoms with E-state index in [4.69, 9.17) is 42.1 Å². The van der Waals surface area contributed by atoms with E-state index in [1.54, 1.807) is 0 Å². The minimum atomic E-state index is -1.26. The van der Waals surface area contributed by atoms with Crippen molar-refractivity contribution in [3.05, 3.63) is 83.9 Å². The molecule has 0 bridgehead atoms. The third-order valence-electron chi connectivity index (χ3n) is 12.0. The van der Waals surface area contributed by atoms with Gasteiger partial charge < -0.3 is 60.2 Å². The number of imidazole rings is 2. The maximum atomic E-state index is 10.4. The van der Waals surface area contributed by atoms with Gasteiger partial charge in [-0.15, -0.1) is 0 Å². The first-order valence-corrected chi connectivity index (χ1v) is 21.9. The molecule has 0 radical (unpaired) electrons. The molecule has 4 fully saturated rings. The van der Waals surface area contributed by atoms with Gasteiger partial charge in [0.05, 0.1) is 38.0 Å². The van der Waals surface area contributed by atoms with Crippen LogP contribution in [0.4, 0.5) is 11.6 Å². The van der Waals surface area contributed by atoms with Crippen LogP contribution in [-0.4, -0.2) is 144 Å². The first-order valence-electron chi connectivity index (χ1n) is 21.1. The standard InChI is InChI=1S/2C21H24ClN5O5/c2*22-21-25-18(24-12-7-4-8-13(12)31-11-5-2-1-3-6-11)15-19(26-21)27(10-23-15)20-17(30)16(29)14(9-28)32-20/h2*1-3,5-6,10,12-14,16-17,20,28-30H,4,7-9H2,(H,24,25,26)/t12?,13?,14-,16-,17-,20-;12-,13+,14+,16+,17+,20+/m10/s1. The summed E-state index contributed by atoms with van der Waals surface area (Å²) in [4.78, 5) is 26.0. The molecule has 20 nitrogen and oxygen atoms in total. The van der Waals surface area contributed by atoms with Crippen LogP contribution in [0.25, 0.3) is 22.3 Å². The zero-order valence-corrected chi connectivity index (χ0v) is 35.7. The highest BCUT2D eigenvalue weighted by molar-refractivity contribution is 6.29. The van der Waals surface area contributed by atoms with Gasteiger partial charge in [0.1, 0.15) is 60.3 Å². The lowest BCUT2D eigenvalue weighted by Gasteiger charge is -2.23. The number of halogens is 2. The topological polar surface area (TPSA) is 270 Å². The van der Waals surface area contributed by atoms with Crippen molar-refractivity contribution in [1.82, 2.24) is 39.0 Å². The van der Waals surface area contributed by atoms with Gasteiger partial charge in [0.15, 0.2) is 46.4 Å². The number of ether oxygens (including phenoxy) is 4. The number of hydrogen-bond acceptors (Lipinski definition) is 18. The molecule has 2 aromatic carbocycles. The Labute approximate surface area is 375 Å². The van der Waals surface area contributed by atoms with Crippen molar-refractivity contribution in [2.75, 3.05) is 23.8 Å². The highest BCUT2D eigenvalue weighted by Crippen LogP contribution is 2.36. The highest BCUT2D eigenvalue weighted by atomic mass is 35.5. The predicted molar refractivity (Wildman–Crippen MR) is 231 cm³/mol. The van der Waals surface area contributed by atoms with Gasteiger partial charge in [0.25, 0.3) is 0 Å². The van der Waals surface area contributed by atoms with E-state index in [2.05, 4.69) is 40.5 Å². The number of aliphatic hydroxyl groups is 6. The lowest BCUT2D eigenvalue weighted by Crippen LogP contribution is -2.33. The summed E-state index contributed by atoms with van der Waals surface area (Å²) in [7, 11) is 0. The van der Waals surface area contributed by atoms with Crippen LogP contribution in [0.3, 0.4) is 0 Å². The maximum absolute atomic E-state index is 10.4. The Balaban J connectivity index is 0.000000162. The van der Waals surface area contributed by atoms with Crippen molar-refractivity contribution >= 4 is 57.2 Å². The van der Waals surface area contributed by atoms with Crippen LogP contribution in [0.15, 0.2) is 73.3 Å². The SMILES string of the molecule is OC[C@H]1O[C@@H](n2cnc3c(NC4CCCC4Oc4ccccc4)nc(Cl)nc32)[C@H](O)[C@@H]1O.OC[C@H]1O[C@@H](n2cnc3c(N[C@H]4CCC[C@H]4Oc4ccccc4)nc(Cl)nc32)[C@H](O)[C@@H]1O. The third kappa shape index (κ3) is 8.99. The Bertz CT molecular complexity index is 2340. The summed E-state index contributed by atoms with van der Waals surface area (Å²) in [6, 6.07) is 19.4. The second-order valence-corrected chi connectivity index (χ2v) is 16.8. The molecule has 6 aromatic rings. The predicted octanol–water partition coefficient (Wildman–Crippen LogP) is 3.01. The summed E-state index contributed by atoms with van der Waals surface area (Å²) >= 11 is 12.4. The number of rotatable bonds is 12. The third-order valence-corrected chi connectivity index (χ3v) is 12.3. The van der Waals surface area contributed by atoms with E-state index in [1.165, 1.54) is 21.8 Å². The number of para-hydroxylation sites is 2. The van der Waals surface area contributed by atoms with Gasteiger partial charge in [0, 0.05) is 0 Å². The Morgan fingerprint density at radius 3 is 1.36 bits per heavy atom. The molecular formula is C42H48Cl2N10O10. The lowest BCUT2D eigenvalue weighted by molar-refractivity contribution is -0.0511. The number of aromatic nitrogens is 8. The summed E-state index contributed by atoms with van der Waals surface area (Å²) in [6.45, 7) is -0.844. The molecule has 2 aliphatic heterocycles. The summed E-state index contributed by atoms with van der Waals surface area (Å²) in [5.74, 6) is 2.54. The van der Waals surface area contributed by atoms with Crippen LogP contribution in [0.5, 0.6) is 11.5 Å². The minimum Gasteiger partial charge on any atom is -0.488 e. The van der Waals surface area contributed by atoms with E-state index in [1.807, 2.05) is 60.7 Å². The van der Waals surface area contributed by atoms with Crippen LogP contribution in [0.2, 0.25) is 10.6 Å². The molecule has 4 aliphatic rings. The molecule has 2 unspecified atom stereocenters. The van der Waals surface area contributed by atoms with E-state index in [0.29, 0.717) is 34.0 Å². The fourth-order valence-electron chi connectivity index (χ4n) is 8.74. The normalized spacial score (nSPS) is 30.1. The smallest absolute Gasteiger partial charge is 0.226 e. The van der Waals surface area contributed by atoms with Crippen LogP contribution in [0.1, 0.15) is 51.0 Å². The number of aliphatic hydroxyl groups excluding tert-OH is 6. The van der Waals surface area contributed by atoms with Gasteiger partial charge in [-0.2, -0.15) is 19.9 Å². The van der Waals surface area contributed by atoms with E-state index >= 15 is 0 Å². The molecule has 4 aromatic heterocycles. The van der Waals surface area contributed by atoms with Crippen LogP contribution in [0, 0.1) is 0 Å². The fraction of sp³-hybridized carbons (Fsp3) is 0.476. The first-order chi connectivity index (χ1) is 31.1. The average Bonchev–Trinajstić information content (AvgIpc) is 4.18. The zero-order valence-electron chi connectivity index (χ0n) is 34.2. The van der Waals surface area contributed by atoms with Crippen molar-refractivity contribution in [3.63, 3.8) is 0 Å². The van der Waals surface area contributed by atoms with Gasteiger partial charge >= 0.3 is 0 Å². The molecule has 2 saturated heterocycles. The van der Waals surface area contributed by atoms with Crippen LogP contribution in [-0.2, 0) is 9.47 Å². The molecule has 340 valence electrons. The van der Waals surface area contributed by atoms with Crippen molar-refractivity contribution in [1.29, 1.82) is 0 Å². The van der Waals surface area contributed by atoms with Gasteiger partial charge in [-0.25, -0.2) is 9.97 Å². The summed E-state index contributed by atoms with van der Waals surface area (Å²) in [6.07, 6.45) is -0.258. The molecule has 0 spiro atoms. The van der Waals surface area contributed by atoms with Crippen molar-refractivity contribution in [2.24, 2.45) is 0 Å². The van der Waals surface area contributed by atoms with Gasteiger partial charge in [-0.05, 0) is 86.0 Å². The molecule has 10 rings (SSSR count). The lowest BCUT2D eigenvalue weighted by atomic mass is 10.1.